The van der Waals surface area contributed by atoms with E-state index in [0.29, 0.717) is 39.1 Å². The van der Waals surface area contributed by atoms with E-state index in [1.54, 1.807) is 37.4 Å². The van der Waals surface area contributed by atoms with Crippen LogP contribution in [0.1, 0.15) is 37.9 Å². The lowest BCUT2D eigenvalue weighted by atomic mass is 10.2. The van der Waals surface area contributed by atoms with Crippen LogP contribution < -0.4 is 0 Å². The summed E-state index contributed by atoms with van der Waals surface area (Å²) in [5.41, 5.74) is 4.19. The van der Waals surface area contributed by atoms with Crippen molar-refractivity contribution >= 4 is 46.5 Å². The fourth-order valence-electron chi connectivity index (χ4n) is 3.58. The molecule has 2 aromatic heterocycles. The number of hydrogen-bond donors (Lipinski definition) is 1. The van der Waals surface area contributed by atoms with Gasteiger partial charge >= 0.3 is 11.9 Å². The van der Waals surface area contributed by atoms with Gasteiger partial charge in [-0.25, -0.2) is 4.98 Å². The Labute approximate surface area is 220 Å². The van der Waals surface area contributed by atoms with Gasteiger partial charge in [-0.15, -0.1) is 11.8 Å². The predicted octanol–water partition coefficient (Wildman–Crippen LogP) is 4.86. The van der Waals surface area contributed by atoms with Crippen LogP contribution >= 0.6 is 23.5 Å². The Morgan fingerprint density at radius 1 is 0.972 bits per heavy atom. The number of aromatic nitrogens is 3. The first-order valence-electron chi connectivity index (χ1n) is 12.2. The van der Waals surface area contributed by atoms with Crippen LogP contribution in [-0.2, 0) is 24.8 Å². The van der Waals surface area contributed by atoms with Crippen molar-refractivity contribution in [3.05, 3.63) is 47.8 Å². The van der Waals surface area contributed by atoms with Crippen LogP contribution in [0, 0.1) is 6.92 Å². The van der Waals surface area contributed by atoms with Gasteiger partial charge in [0.2, 0.25) is 0 Å². The topological polar surface area (TPSA) is 97.4 Å². The molecular formula is C26H34N4O4S2. The number of ether oxygens (including phenoxy) is 2. The van der Waals surface area contributed by atoms with E-state index in [1.165, 1.54) is 4.90 Å². The fraction of sp³-hybridized carbons (Fsp3) is 0.462. The number of carbonyl (C=O) groups is 2. The molecule has 3 aromatic rings. The first-order chi connectivity index (χ1) is 17.5. The van der Waals surface area contributed by atoms with Crippen LogP contribution in [0.2, 0.25) is 0 Å². The minimum absolute atomic E-state index is 0.220. The van der Waals surface area contributed by atoms with Crippen molar-refractivity contribution in [2.75, 3.05) is 38.6 Å². The Morgan fingerprint density at radius 3 is 2.33 bits per heavy atom. The Bertz CT molecular complexity index is 1080. The van der Waals surface area contributed by atoms with Crippen LogP contribution in [0.4, 0.5) is 0 Å². The quantitative estimate of drug-likeness (QED) is 0.218. The first-order valence-corrected chi connectivity index (χ1v) is 14.2. The molecule has 0 fully saturated rings. The zero-order valence-electron chi connectivity index (χ0n) is 21.1. The summed E-state index contributed by atoms with van der Waals surface area (Å²) in [5, 5.41) is 0.884. The molecule has 36 heavy (non-hydrogen) atoms. The number of benzene rings is 1. The maximum absolute atomic E-state index is 11.8. The van der Waals surface area contributed by atoms with E-state index in [9.17, 15) is 9.59 Å². The number of nitrogens with zero attached hydrogens (tertiary/aromatic N) is 3. The molecule has 0 bridgehead atoms. The van der Waals surface area contributed by atoms with Crippen molar-refractivity contribution in [1.82, 2.24) is 19.9 Å². The maximum atomic E-state index is 11.8. The summed E-state index contributed by atoms with van der Waals surface area (Å²) < 4.78 is 10.1. The van der Waals surface area contributed by atoms with Crippen molar-refractivity contribution in [2.24, 2.45) is 0 Å². The third kappa shape index (κ3) is 8.83. The smallest absolute Gasteiger partial charge is 0.307 e. The molecule has 0 unspecified atom stereocenters. The summed E-state index contributed by atoms with van der Waals surface area (Å²) in [5.74, 6) is 1.11. The maximum Gasteiger partial charge on any atom is 0.307 e. The van der Waals surface area contributed by atoms with Crippen LogP contribution in [-0.4, -0.2) is 70.4 Å². The molecule has 3 rings (SSSR count). The highest BCUT2D eigenvalue weighted by Crippen LogP contribution is 2.28. The molecule has 10 heteroatoms. The SMILES string of the molecule is CCOC(=O)CCN(CCSc1ccnc(CSc2nc3ccccc3[nH]2)c1C)CCC(=O)OCC. The highest BCUT2D eigenvalue weighted by molar-refractivity contribution is 7.99. The van der Waals surface area contributed by atoms with Crippen molar-refractivity contribution in [2.45, 2.75) is 49.4 Å². The number of aromatic amines is 1. The highest BCUT2D eigenvalue weighted by Gasteiger charge is 2.13. The standard InChI is InChI=1S/C26H34N4O4S2/c1-4-33-24(31)11-14-30(15-12-25(32)34-5-2)16-17-35-23-10-13-27-22(19(23)3)18-36-26-28-20-8-6-7-9-21(20)29-26/h6-10,13H,4-5,11-12,14-18H2,1-3H3,(H,28,29). The van der Waals surface area contributed by atoms with Crippen molar-refractivity contribution in [3.8, 4) is 0 Å². The molecule has 1 N–H and O–H groups in total. The molecule has 0 aliphatic rings. The van der Waals surface area contributed by atoms with Crippen LogP contribution in [0.15, 0.2) is 46.6 Å². The van der Waals surface area contributed by atoms with Crippen LogP contribution in [0.25, 0.3) is 11.0 Å². The number of rotatable bonds is 15. The monoisotopic (exact) mass is 530 g/mol. The number of nitrogens with one attached hydrogen (secondary N) is 1. The number of fused-ring (bicyclic) bond motifs is 1. The van der Waals surface area contributed by atoms with Gasteiger partial charge in [-0.2, -0.15) is 0 Å². The van der Waals surface area contributed by atoms with Gasteiger partial charge in [0.25, 0.3) is 0 Å². The molecule has 2 heterocycles. The zero-order chi connectivity index (χ0) is 25.8. The van der Waals surface area contributed by atoms with E-state index in [2.05, 4.69) is 26.8 Å². The minimum atomic E-state index is -0.220. The Balaban J connectivity index is 1.53. The molecule has 0 aliphatic carbocycles. The van der Waals surface area contributed by atoms with Gasteiger partial charge in [-0.1, -0.05) is 23.9 Å². The molecule has 0 saturated heterocycles. The number of imidazole rings is 1. The molecule has 0 spiro atoms. The third-order valence-electron chi connectivity index (χ3n) is 5.51. The van der Waals surface area contributed by atoms with Crippen molar-refractivity contribution < 1.29 is 19.1 Å². The summed E-state index contributed by atoms with van der Waals surface area (Å²) in [6, 6.07) is 10.0. The molecule has 1 aromatic carbocycles. The number of hydrogen-bond acceptors (Lipinski definition) is 9. The van der Waals surface area contributed by atoms with Crippen LogP contribution in [0.5, 0.6) is 0 Å². The zero-order valence-corrected chi connectivity index (χ0v) is 22.8. The van der Waals surface area contributed by atoms with E-state index in [4.69, 9.17) is 9.47 Å². The molecule has 194 valence electrons. The number of esters is 2. The highest BCUT2D eigenvalue weighted by atomic mass is 32.2. The fourth-order valence-corrected chi connectivity index (χ4v) is 5.55. The second-order valence-electron chi connectivity index (χ2n) is 8.03. The van der Waals surface area contributed by atoms with E-state index < -0.39 is 0 Å². The minimum Gasteiger partial charge on any atom is -0.466 e. The second-order valence-corrected chi connectivity index (χ2v) is 10.1. The average molecular weight is 531 g/mol. The predicted molar refractivity (Wildman–Crippen MR) is 144 cm³/mol. The summed E-state index contributed by atoms with van der Waals surface area (Å²) in [6.45, 7) is 8.28. The Hall–Kier alpha value is -2.56. The van der Waals surface area contributed by atoms with Crippen molar-refractivity contribution in [3.63, 3.8) is 0 Å². The van der Waals surface area contributed by atoms with Gasteiger partial charge in [0.15, 0.2) is 5.16 Å². The molecule has 0 saturated carbocycles. The lowest BCUT2D eigenvalue weighted by molar-refractivity contribution is -0.143. The number of H-pyrrole nitrogens is 1. The van der Waals surface area contributed by atoms with Gasteiger partial charge in [-0.05, 0) is 44.5 Å². The molecule has 0 amide bonds. The van der Waals surface area contributed by atoms with Gasteiger partial charge in [0.1, 0.15) is 0 Å². The largest absolute Gasteiger partial charge is 0.466 e. The molecule has 8 nitrogen and oxygen atoms in total. The number of para-hydroxylation sites is 2. The normalized spacial score (nSPS) is 11.2. The Kier molecular flexibility index (Phi) is 11.6. The summed E-state index contributed by atoms with van der Waals surface area (Å²) in [7, 11) is 0. The van der Waals surface area contributed by atoms with Gasteiger partial charge in [0, 0.05) is 42.2 Å². The third-order valence-corrected chi connectivity index (χ3v) is 7.54. The van der Waals surface area contributed by atoms with Gasteiger partial charge < -0.3 is 19.4 Å². The van der Waals surface area contributed by atoms with Gasteiger partial charge in [-0.3, -0.25) is 14.6 Å². The van der Waals surface area contributed by atoms with E-state index >= 15 is 0 Å². The second kappa shape index (κ2) is 14.9. The summed E-state index contributed by atoms with van der Waals surface area (Å²) in [4.78, 5) is 39.5. The van der Waals surface area contributed by atoms with E-state index in [-0.39, 0.29) is 11.9 Å². The molecule has 0 radical (unpaired) electrons. The number of thioether (sulfide) groups is 2. The lowest BCUT2D eigenvalue weighted by Gasteiger charge is -2.21. The average Bonchev–Trinajstić information content (AvgIpc) is 3.29. The number of carbonyl (C=O) groups excluding carboxylic acids is 2. The van der Waals surface area contributed by atoms with E-state index in [1.807, 2.05) is 36.5 Å². The lowest BCUT2D eigenvalue weighted by Crippen LogP contribution is -2.31. The van der Waals surface area contributed by atoms with Gasteiger partial charge in [0.05, 0.1) is 42.8 Å². The molecule has 0 atom stereocenters. The van der Waals surface area contributed by atoms with Crippen LogP contribution in [0.3, 0.4) is 0 Å². The molecular weight excluding hydrogens is 496 g/mol. The summed E-state index contributed by atoms with van der Waals surface area (Å²) in [6.07, 6.45) is 2.46. The first kappa shape index (κ1) is 28.0. The number of pyridine rings is 1. The molecule has 0 aliphatic heterocycles. The van der Waals surface area contributed by atoms with Crippen molar-refractivity contribution in [1.29, 1.82) is 0 Å². The Morgan fingerprint density at radius 2 is 1.67 bits per heavy atom. The van der Waals surface area contributed by atoms with E-state index in [0.717, 1.165) is 45.5 Å². The summed E-state index contributed by atoms with van der Waals surface area (Å²) >= 11 is 3.40.